The Bertz CT molecular complexity index is 1090. The smallest absolute Gasteiger partial charge is 0.417 e. The Morgan fingerprint density at radius 3 is 2.39 bits per heavy atom. The zero-order chi connectivity index (χ0) is 25.1. The molecule has 1 fully saturated rings. The summed E-state index contributed by atoms with van der Waals surface area (Å²) in [5.74, 6) is 0.235. The molecule has 1 heterocycles. The molecule has 1 aliphatic rings. The number of anilines is 1. The van der Waals surface area contributed by atoms with Gasteiger partial charge >= 0.3 is 6.18 Å². The van der Waals surface area contributed by atoms with E-state index in [0.29, 0.717) is 5.76 Å². The lowest BCUT2D eigenvalue weighted by atomic mass is 10.0. The van der Waals surface area contributed by atoms with Crippen molar-refractivity contribution >= 4 is 28.9 Å². The van der Waals surface area contributed by atoms with E-state index in [0.717, 1.165) is 28.2 Å². The number of rotatable bonds is 6. The summed E-state index contributed by atoms with van der Waals surface area (Å²) in [5.41, 5.74) is -0.897. The van der Waals surface area contributed by atoms with Crippen molar-refractivity contribution in [3.8, 4) is 6.07 Å². The second kappa shape index (κ2) is 9.79. The van der Waals surface area contributed by atoms with Crippen LogP contribution in [0.5, 0.6) is 0 Å². The van der Waals surface area contributed by atoms with E-state index in [4.69, 9.17) is 22.2 Å². The number of thiocarbonyl (C=S) groups is 1. The summed E-state index contributed by atoms with van der Waals surface area (Å²) in [5, 5.41) is 9.14. The van der Waals surface area contributed by atoms with Crippen LogP contribution in [0.3, 0.4) is 0 Å². The lowest BCUT2D eigenvalue weighted by Gasteiger charge is -2.30. The van der Waals surface area contributed by atoms with Gasteiger partial charge in [-0.2, -0.15) is 18.4 Å². The fourth-order valence-electron chi connectivity index (χ4n) is 3.32. The molecule has 0 N–H and O–H groups in total. The first-order valence-corrected chi connectivity index (χ1v) is 10.5. The van der Waals surface area contributed by atoms with Crippen molar-refractivity contribution < 1.29 is 22.7 Å². The van der Waals surface area contributed by atoms with Crippen LogP contribution in [0, 0.1) is 11.3 Å². The largest absolute Gasteiger partial charge is 0.501 e. The molecule has 0 bridgehead atoms. The molecular formula is C24H26F3N3O2S. The van der Waals surface area contributed by atoms with Crippen molar-refractivity contribution in [3.05, 3.63) is 64.5 Å². The van der Waals surface area contributed by atoms with E-state index in [9.17, 15) is 18.0 Å². The van der Waals surface area contributed by atoms with E-state index in [2.05, 4.69) is 0 Å². The van der Waals surface area contributed by atoms with Crippen molar-refractivity contribution in [1.82, 2.24) is 4.90 Å². The third kappa shape index (κ3) is 5.63. The minimum atomic E-state index is -4.74. The van der Waals surface area contributed by atoms with E-state index >= 15 is 0 Å². The molecule has 0 saturated carbocycles. The van der Waals surface area contributed by atoms with Gasteiger partial charge in [0, 0.05) is 6.54 Å². The number of carbonyl (C=O) groups is 1. The van der Waals surface area contributed by atoms with Gasteiger partial charge in [0.05, 0.1) is 35.8 Å². The molecule has 0 aliphatic carbocycles. The molecule has 1 aromatic rings. The fourth-order valence-corrected chi connectivity index (χ4v) is 3.81. The maximum Gasteiger partial charge on any atom is 0.417 e. The Morgan fingerprint density at radius 1 is 1.24 bits per heavy atom. The molecule has 2 rings (SSSR count). The van der Waals surface area contributed by atoms with E-state index in [1.54, 1.807) is 44.9 Å². The third-order valence-corrected chi connectivity index (χ3v) is 5.58. The van der Waals surface area contributed by atoms with Crippen molar-refractivity contribution in [1.29, 1.82) is 5.26 Å². The monoisotopic (exact) mass is 477 g/mol. The van der Waals surface area contributed by atoms with Crippen LogP contribution in [0.1, 0.15) is 45.7 Å². The molecule has 1 aliphatic heterocycles. The maximum atomic E-state index is 13.5. The summed E-state index contributed by atoms with van der Waals surface area (Å²) < 4.78 is 45.6. The summed E-state index contributed by atoms with van der Waals surface area (Å²) in [4.78, 5) is 16.0. The molecule has 1 amide bonds. The normalized spacial score (nSPS) is 16.7. The number of ether oxygens (including phenoxy) is 1. The van der Waals surface area contributed by atoms with Crippen molar-refractivity contribution in [2.75, 3.05) is 18.6 Å². The Labute approximate surface area is 197 Å². The average Bonchev–Trinajstić information content (AvgIpc) is 2.89. The third-order valence-electron chi connectivity index (χ3n) is 5.18. The van der Waals surface area contributed by atoms with Crippen LogP contribution in [0.15, 0.2) is 53.3 Å². The van der Waals surface area contributed by atoms with Gasteiger partial charge in [0.2, 0.25) is 0 Å². The molecule has 0 aromatic heterocycles. The van der Waals surface area contributed by atoms with Gasteiger partial charge in [0.1, 0.15) is 5.54 Å². The number of alkyl halides is 3. The lowest BCUT2D eigenvalue weighted by molar-refractivity contribution is -0.137. The zero-order valence-electron chi connectivity index (χ0n) is 19.4. The van der Waals surface area contributed by atoms with Crippen LogP contribution in [0.25, 0.3) is 0 Å². The molecule has 5 nitrogen and oxygen atoms in total. The highest BCUT2D eigenvalue weighted by Gasteiger charge is 2.49. The summed E-state index contributed by atoms with van der Waals surface area (Å²) in [7, 11) is 1.56. The van der Waals surface area contributed by atoms with Gasteiger partial charge in [0.15, 0.2) is 5.11 Å². The standard InChI is InChI=1S/C24H26F3N3O2S/c1-15(2)11-17(8-7-16(3)32-6)14-29-22(33)30(21(31)23(29,4)5)19-10-9-18(13-28)20(12-19)24(25,26)27/h7-12H,14H2,1-6H3/b16-7+,17-8+. The number of benzene rings is 1. The minimum absolute atomic E-state index is 0.0326. The number of halogens is 3. The first kappa shape index (κ1) is 26.1. The molecule has 1 saturated heterocycles. The van der Waals surface area contributed by atoms with E-state index in [1.807, 2.05) is 26.0 Å². The van der Waals surface area contributed by atoms with Crippen LogP contribution in [-0.2, 0) is 15.7 Å². The number of methoxy groups -OCH3 is 1. The average molecular weight is 478 g/mol. The van der Waals surface area contributed by atoms with Crippen LogP contribution in [0.4, 0.5) is 18.9 Å². The van der Waals surface area contributed by atoms with Crippen LogP contribution in [-0.4, -0.2) is 35.1 Å². The Morgan fingerprint density at radius 2 is 1.88 bits per heavy atom. The second-order valence-corrected chi connectivity index (χ2v) is 8.72. The molecule has 0 radical (unpaired) electrons. The highest BCUT2D eigenvalue weighted by molar-refractivity contribution is 7.80. The van der Waals surface area contributed by atoms with Gasteiger partial charge in [-0.15, -0.1) is 0 Å². The van der Waals surface area contributed by atoms with E-state index in [-0.39, 0.29) is 17.3 Å². The number of allylic oxidation sites excluding steroid dienone is 4. The number of hydrogen-bond acceptors (Lipinski definition) is 4. The number of nitriles is 1. The minimum Gasteiger partial charge on any atom is -0.501 e. The topological polar surface area (TPSA) is 56.6 Å². The maximum absolute atomic E-state index is 13.5. The van der Waals surface area contributed by atoms with Gasteiger partial charge in [0.25, 0.3) is 5.91 Å². The number of hydrogen-bond donors (Lipinski definition) is 0. The van der Waals surface area contributed by atoms with Crippen molar-refractivity contribution in [3.63, 3.8) is 0 Å². The van der Waals surface area contributed by atoms with Crippen molar-refractivity contribution in [2.24, 2.45) is 0 Å². The summed E-state index contributed by atoms with van der Waals surface area (Å²) in [6.45, 7) is 9.27. The Hall–Kier alpha value is -3.12. The van der Waals surface area contributed by atoms with Crippen LogP contribution < -0.4 is 4.90 Å². The summed E-state index contributed by atoms with van der Waals surface area (Å²) in [6, 6.07) is 4.69. The Kier molecular flexibility index (Phi) is 7.75. The molecule has 9 heteroatoms. The molecule has 0 atom stereocenters. The summed E-state index contributed by atoms with van der Waals surface area (Å²) >= 11 is 5.56. The number of amides is 1. The van der Waals surface area contributed by atoms with Crippen molar-refractivity contribution in [2.45, 2.75) is 46.3 Å². The molecule has 0 unspecified atom stereocenters. The van der Waals surface area contributed by atoms with E-state index in [1.165, 1.54) is 6.07 Å². The SMILES string of the molecule is CO/C(C)=C/C=C(\C=C(C)C)CN1C(=S)N(c2ccc(C#N)c(C(F)(F)F)c2)C(=O)C1(C)C. The molecule has 1 aromatic carbocycles. The van der Waals surface area contributed by atoms with Gasteiger partial charge in [-0.05, 0) is 76.7 Å². The number of carbonyl (C=O) groups excluding carboxylic acids is 1. The first-order valence-electron chi connectivity index (χ1n) is 10.1. The first-order chi connectivity index (χ1) is 15.2. The van der Waals surface area contributed by atoms with E-state index < -0.39 is 28.7 Å². The quantitative estimate of drug-likeness (QED) is 0.297. The van der Waals surface area contributed by atoms with Gasteiger partial charge in [-0.3, -0.25) is 9.69 Å². The van der Waals surface area contributed by atoms with Gasteiger partial charge in [-0.25, -0.2) is 0 Å². The highest BCUT2D eigenvalue weighted by atomic mass is 32.1. The second-order valence-electron chi connectivity index (χ2n) is 8.35. The molecule has 33 heavy (non-hydrogen) atoms. The highest BCUT2D eigenvalue weighted by Crippen LogP contribution is 2.38. The fraction of sp³-hybridized carbons (Fsp3) is 0.375. The predicted octanol–water partition coefficient (Wildman–Crippen LogP) is 5.73. The zero-order valence-corrected chi connectivity index (χ0v) is 20.2. The van der Waals surface area contributed by atoms with Gasteiger partial charge < -0.3 is 9.64 Å². The molecular weight excluding hydrogens is 451 g/mol. The van der Waals surface area contributed by atoms with Gasteiger partial charge in [-0.1, -0.05) is 17.7 Å². The molecule has 176 valence electrons. The summed E-state index contributed by atoms with van der Waals surface area (Å²) in [6.07, 6.45) is 0.831. The predicted molar refractivity (Wildman–Crippen MR) is 125 cm³/mol. The number of nitrogens with zero attached hydrogens (tertiary/aromatic N) is 3. The van der Waals surface area contributed by atoms with Crippen LogP contribution >= 0.6 is 12.2 Å². The Balaban J connectivity index is 2.53. The van der Waals surface area contributed by atoms with Crippen LogP contribution in [0.2, 0.25) is 0 Å². The lowest BCUT2D eigenvalue weighted by Crippen LogP contribution is -2.45. The molecule has 0 spiro atoms.